The molecule has 0 radical (unpaired) electrons. The van der Waals surface area contributed by atoms with Crippen LogP contribution in [-0.4, -0.2) is 49.2 Å². The molecule has 1 aliphatic heterocycles. The van der Waals surface area contributed by atoms with Crippen LogP contribution in [0.4, 0.5) is 0 Å². The normalized spacial score (nSPS) is 13.2. The van der Waals surface area contributed by atoms with Crippen molar-refractivity contribution in [2.75, 3.05) is 27.7 Å². The number of hydrogen-bond donors (Lipinski definition) is 0. The summed E-state index contributed by atoms with van der Waals surface area (Å²) in [6, 6.07) is 16.0. The number of furan rings is 1. The molecule has 0 atom stereocenters. The van der Waals surface area contributed by atoms with Crippen molar-refractivity contribution >= 4 is 11.7 Å². The number of hydrogen-bond acceptors (Lipinski definition) is 5. The largest absolute Gasteiger partial charge is 0.496 e. The lowest BCUT2D eigenvalue weighted by Crippen LogP contribution is -2.35. The molecule has 1 aliphatic rings. The molecule has 2 aromatic carbocycles. The first kappa shape index (κ1) is 20.9. The third-order valence-electron chi connectivity index (χ3n) is 5.42. The predicted molar refractivity (Wildman–Crippen MR) is 117 cm³/mol. The number of ether oxygens (including phenoxy) is 1. The zero-order valence-electron chi connectivity index (χ0n) is 18.1. The van der Waals surface area contributed by atoms with Crippen molar-refractivity contribution < 1.29 is 18.7 Å². The molecule has 2 heterocycles. The van der Waals surface area contributed by atoms with Gasteiger partial charge in [-0.2, -0.15) is 0 Å². The number of para-hydroxylation sites is 1. The Kier molecular flexibility index (Phi) is 5.91. The van der Waals surface area contributed by atoms with Gasteiger partial charge in [-0.1, -0.05) is 24.3 Å². The molecule has 0 saturated heterocycles. The van der Waals surface area contributed by atoms with Gasteiger partial charge in [-0.05, 0) is 44.4 Å². The van der Waals surface area contributed by atoms with Crippen molar-refractivity contribution in [1.29, 1.82) is 0 Å². The molecule has 0 spiro atoms. The van der Waals surface area contributed by atoms with E-state index in [9.17, 15) is 9.59 Å². The fraction of sp³-hybridized carbons (Fsp3) is 0.280. The SMILES string of the molecule is COc1ccccc1C(=O)c1ccc(C(=O)N2CCc3oc(CN(C)C)cc3C2)cc1. The summed E-state index contributed by atoms with van der Waals surface area (Å²) in [5.41, 5.74) is 2.66. The van der Waals surface area contributed by atoms with E-state index >= 15 is 0 Å². The number of ketones is 1. The van der Waals surface area contributed by atoms with Crippen molar-refractivity contribution in [2.24, 2.45) is 0 Å². The molecular formula is C25H26N2O4. The molecule has 0 saturated carbocycles. The minimum Gasteiger partial charge on any atom is -0.496 e. The van der Waals surface area contributed by atoms with Crippen molar-refractivity contribution in [3.8, 4) is 5.75 Å². The average Bonchev–Trinajstić information content (AvgIpc) is 3.18. The van der Waals surface area contributed by atoms with Gasteiger partial charge in [0.1, 0.15) is 17.3 Å². The number of carbonyl (C=O) groups is 2. The highest BCUT2D eigenvalue weighted by atomic mass is 16.5. The molecule has 0 unspecified atom stereocenters. The van der Waals surface area contributed by atoms with E-state index in [4.69, 9.17) is 9.15 Å². The van der Waals surface area contributed by atoms with Crippen molar-refractivity contribution in [3.05, 3.63) is 88.4 Å². The average molecular weight is 418 g/mol. The molecule has 1 amide bonds. The number of amides is 1. The minimum absolute atomic E-state index is 0.0442. The predicted octanol–water partition coefficient (Wildman–Crippen LogP) is 3.78. The van der Waals surface area contributed by atoms with Crippen LogP contribution < -0.4 is 4.74 Å². The summed E-state index contributed by atoms with van der Waals surface area (Å²) in [7, 11) is 5.54. The van der Waals surface area contributed by atoms with E-state index in [-0.39, 0.29) is 11.7 Å². The van der Waals surface area contributed by atoms with E-state index in [0.29, 0.717) is 42.0 Å². The summed E-state index contributed by atoms with van der Waals surface area (Å²) in [5, 5.41) is 0. The Labute approximate surface area is 182 Å². The number of rotatable bonds is 6. The highest BCUT2D eigenvalue weighted by molar-refractivity contribution is 6.11. The van der Waals surface area contributed by atoms with Crippen LogP contribution in [0, 0.1) is 0 Å². The van der Waals surface area contributed by atoms with Gasteiger partial charge in [0.25, 0.3) is 5.91 Å². The summed E-state index contributed by atoms with van der Waals surface area (Å²) in [6.07, 6.45) is 0.707. The second kappa shape index (κ2) is 8.78. The topological polar surface area (TPSA) is 63.0 Å². The highest BCUT2D eigenvalue weighted by Gasteiger charge is 2.25. The summed E-state index contributed by atoms with van der Waals surface area (Å²) in [5.74, 6) is 2.25. The number of benzene rings is 2. The van der Waals surface area contributed by atoms with Crippen LogP contribution in [0.1, 0.15) is 43.4 Å². The van der Waals surface area contributed by atoms with Crippen LogP contribution in [0.25, 0.3) is 0 Å². The fourth-order valence-corrected chi connectivity index (χ4v) is 3.89. The second-order valence-corrected chi connectivity index (χ2v) is 7.98. The third-order valence-corrected chi connectivity index (χ3v) is 5.42. The van der Waals surface area contributed by atoms with Crippen molar-refractivity contribution in [2.45, 2.75) is 19.5 Å². The molecule has 0 fully saturated rings. The minimum atomic E-state index is -0.133. The zero-order valence-corrected chi connectivity index (χ0v) is 18.1. The first-order valence-corrected chi connectivity index (χ1v) is 10.3. The summed E-state index contributed by atoms with van der Waals surface area (Å²) < 4.78 is 11.2. The van der Waals surface area contributed by atoms with E-state index in [2.05, 4.69) is 4.90 Å². The van der Waals surface area contributed by atoms with E-state index in [1.807, 2.05) is 31.1 Å². The zero-order chi connectivity index (χ0) is 22.0. The maximum atomic E-state index is 13.0. The Bertz CT molecular complexity index is 1100. The van der Waals surface area contributed by atoms with Gasteiger partial charge in [0.15, 0.2) is 5.78 Å². The summed E-state index contributed by atoms with van der Waals surface area (Å²) in [4.78, 5) is 29.7. The van der Waals surface area contributed by atoms with Gasteiger partial charge in [0, 0.05) is 36.2 Å². The van der Waals surface area contributed by atoms with Crippen LogP contribution in [-0.2, 0) is 19.5 Å². The number of carbonyl (C=O) groups excluding carboxylic acids is 2. The van der Waals surface area contributed by atoms with E-state index in [1.54, 1.807) is 49.6 Å². The first-order valence-electron chi connectivity index (χ1n) is 10.3. The molecule has 6 nitrogen and oxygen atoms in total. The molecule has 0 bridgehead atoms. The van der Waals surface area contributed by atoms with Gasteiger partial charge < -0.3 is 19.0 Å². The Morgan fingerprint density at radius 2 is 1.77 bits per heavy atom. The number of fused-ring (bicyclic) bond motifs is 1. The summed E-state index contributed by atoms with van der Waals surface area (Å²) in [6.45, 7) is 1.89. The lowest BCUT2D eigenvalue weighted by atomic mass is 10.0. The standard InChI is InChI=1S/C25H26N2O4/c1-26(2)16-20-14-19-15-27(13-12-22(19)31-20)25(29)18-10-8-17(9-11-18)24(28)21-6-4-5-7-23(21)30-3/h4-11,14H,12-13,15-16H2,1-3H3. The van der Waals surface area contributed by atoms with Crippen LogP contribution in [0.15, 0.2) is 59.0 Å². The number of methoxy groups -OCH3 is 1. The maximum absolute atomic E-state index is 13.0. The van der Waals surface area contributed by atoms with Crippen LogP contribution in [0.2, 0.25) is 0 Å². The quantitative estimate of drug-likeness (QED) is 0.570. The lowest BCUT2D eigenvalue weighted by molar-refractivity contribution is 0.0729. The van der Waals surface area contributed by atoms with Gasteiger partial charge in [-0.3, -0.25) is 9.59 Å². The van der Waals surface area contributed by atoms with Gasteiger partial charge in [0.05, 0.1) is 19.2 Å². The molecule has 0 N–H and O–H groups in total. The lowest BCUT2D eigenvalue weighted by Gasteiger charge is -2.26. The molecular weight excluding hydrogens is 392 g/mol. The number of nitrogens with zero attached hydrogens (tertiary/aromatic N) is 2. The molecule has 31 heavy (non-hydrogen) atoms. The van der Waals surface area contributed by atoms with Gasteiger partial charge >= 0.3 is 0 Å². The van der Waals surface area contributed by atoms with E-state index < -0.39 is 0 Å². The van der Waals surface area contributed by atoms with Gasteiger partial charge in [-0.15, -0.1) is 0 Å². The Balaban J connectivity index is 1.47. The second-order valence-electron chi connectivity index (χ2n) is 7.98. The van der Waals surface area contributed by atoms with Gasteiger partial charge in [-0.25, -0.2) is 0 Å². The fourth-order valence-electron chi connectivity index (χ4n) is 3.89. The molecule has 160 valence electrons. The molecule has 0 aliphatic carbocycles. The van der Waals surface area contributed by atoms with Crippen molar-refractivity contribution in [3.63, 3.8) is 0 Å². The Morgan fingerprint density at radius 1 is 1.06 bits per heavy atom. The third kappa shape index (κ3) is 4.39. The van der Waals surface area contributed by atoms with E-state index in [0.717, 1.165) is 23.6 Å². The van der Waals surface area contributed by atoms with E-state index in [1.165, 1.54) is 0 Å². The maximum Gasteiger partial charge on any atom is 0.254 e. The molecule has 4 rings (SSSR count). The van der Waals surface area contributed by atoms with Crippen LogP contribution in [0.5, 0.6) is 5.75 Å². The monoisotopic (exact) mass is 418 g/mol. The molecule has 3 aromatic rings. The first-order chi connectivity index (χ1) is 15.0. The highest BCUT2D eigenvalue weighted by Crippen LogP contribution is 2.25. The Hall–Kier alpha value is -3.38. The van der Waals surface area contributed by atoms with Crippen LogP contribution >= 0.6 is 0 Å². The van der Waals surface area contributed by atoms with Gasteiger partial charge in [0.2, 0.25) is 0 Å². The molecule has 6 heteroatoms. The smallest absolute Gasteiger partial charge is 0.254 e. The summed E-state index contributed by atoms with van der Waals surface area (Å²) >= 11 is 0. The Morgan fingerprint density at radius 3 is 2.48 bits per heavy atom. The van der Waals surface area contributed by atoms with Crippen molar-refractivity contribution in [1.82, 2.24) is 9.80 Å². The van der Waals surface area contributed by atoms with Crippen LogP contribution in [0.3, 0.4) is 0 Å². The molecule has 1 aromatic heterocycles.